The Balaban J connectivity index is 2.37. The third-order valence-electron chi connectivity index (χ3n) is 2.21. The van der Waals surface area contributed by atoms with Crippen molar-refractivity contribution in [3.63, 3.8) is 0 Å². The second kappa shape index (κ2) is 2.67. The predicted molar refractivity (Wildman–Crippen MR) is 37.8 cm³/mol. The number of piperidine rings is 1. The Labute approximate surface area is 56.6 Å². The molecule has 0 aromatic rings. The van der Waals surface area contributed by atoms with Crippen LogP contribution in [-0.4, -0.2) is 24.3 Å². The average molecular weight is 129 g/mol. The number of hydrogen-bond acceptors (Lipinski definition) is 1. The molecule has 1 aliphatic heterocycles. The molecular formula is C7H15NO. The maximum absolute atomic E-state index is 11.4. The first-order chi connectivity index (χ1) is 4.27. The minimum absolute atomic E-state index is 0.0694. The molecule has 1 aliphatic rings. The molecule has 1 rings (SSSR count). The van der Waals surface area contributed by atoms with Crippen molar-refractivity contribution < 1.29 is 4.65 Å². The van der Waals surface area contributed by atoms with E-state index >= 15 is 0 Å². The smallest absolute Gasteiger partial charge is 0.0783 e. The normalized spacial score (nSPS) is 26.0. The highest BCUT2D eigenvalue weighted by molar-refractivity contribution is 4.52. The molecule has 1 fully saturated rings. The van der Waals surface area contributed by atoms with E-state index in [4.69, 9.17) is 0 Å². The maximum atomic E-state index is 11.4. The van der Waals surface area contributed by atoms with Gasteiger partial charge in [0.05, 0.1) is 19.6 Å². The summed E-state index contributed by atoms with van der Waals surface area (Å²) in [4.78, 5) is 0. The molecule has 0 aromatic carbocycles. The molecule has 54 valence electrons. The van der Waals surface area contributed by atoms with E-state index < -0.39 is 0 Å². The van der Waals surface area contributed by atoms with Crippen LogP contribution in [0.5, 0.6) is 0 Å². The third-order valence-corrected chi connectivity index (χ3v) is 2.21. The summed E-state index contributed by atoms with van der Waals surface area (Å²) in [6.07, 6.45) is 3.54. The number of hydrogen-bond donors (Lipinski definition) is 0. The summed E-state index contributed by atoms with van der Waals surface area (Å²) in [6, 6.07) is 0. The maximum Gasteiger partial charge on any atom is 0.0783 e. The van der Waals surface area contributed by atoms with Crippen molar-refractivity contribution in [3.05, 3.63) is 5.21 Å². The van der Waals surface area contributed by atoms with Gasteiger partial charge >= 0.3 is 0 Å². The van der Waals surface area contributed by atoms with Gasteiger partial charge in [-0.1, -0.05) is 0 Å². The van der Waals surface area contributed by atoms with Gasteiger partial charge in [0.1, 0.15) is 0 Å². The van der Waals surface area contributed by atoms with Crippen molar-refractivity contribution in [2.45, 2.75) is 26.2 Å². The summed E-state index contributed by atoms with van der Waals surface area (Å²) >= 11 is 0. The standard InChI is InChI=1S/C7H15NO/c1-2-8(9)6-4-3-5-7-8/h2-7H2,1H3. The van der Waals surface area contributed by atoms with Gasteiger partial charge in [-0.2, -0.15) is 0 Å². The third kappa shape index (κ3) is 1.66. The Morgan fingerprint density at radius 3 is 2.11 bits per heavy atom. The lowest BCUT2D eigenvalue weighted by Crippen LogP contribution is -2.45. The van der Waals surface area contributed by atoms with Crippen LogP contribution in [0.15, 0.2) is 0 Å². The summed E-state index contributed by atoms with van der Waals surface area (Å²) in [5.74, 6) is 0. The van der Waals surface area contributed by atoms with Gasteiger partial charge in [0.15, 0.2) is 0 Å². The first-order valence-electron chi connectivity index (χ1n) is 3.84. The molecule has 9 heavy (non-hydrogen) atoms. The Hall–Kier alpha value is -0.0800. The SMILES string of the molecule is CC[N+]1([O-])CCCCC1. The van der Waals surface area contributed by atoms with Crippen molar-refractivity contribution in [1.29, 1.82) is 0 Å². The molecule has 0 aromatic heterocycles. The summed E-state index contributed by atoms with van der Waals surface area (Å²) in [5, 5.41) is 11.4. The van der Waals surface area contributed by atoms with Crippen molar-refractivity contribution in [2.75, 3.05) is 19.6 Å². The predicted octanol–water partition coefficient (Wildman–Crippen LogP) is 1.50. The van der Waals surface area contributed by atoms with Crippen molar-refractivity contribution in [3.8, 4) is 0 Å². The van der Waals surface area contributed by atoms with Crippen LogP contribution >= 0.6 is 0 Å². The molecule has 0 radical (unpaired) electrons. The van der Waals surface area contributed by atoms with E-state index in [1.807, 2.05) is 6.92 Å². The monoisotopic (exact) mass is 129 g/mol. The molecule has 1 saturated heterocycles. The zero-order valence-electron chi connectivity index (χ0n) is 6.10. The van der Waals surface area contributed by atoms with E-state index in [1.165, 1.54) is 6.42 Å². The highest BCUT2D eigenvalue weighted by Gasteiger charge is 2.17. The quantitative estimate of drug-likeness (QED) is 0.388. The lowest BCUT2D eigenvalue weighted by Gasteiger charge is -2.44. The molecule has 2 nitrogen and oxygen atoms in total. The Bertz CT molecular complexity index is 86.9. The Morgan fingerprint density at radius 1 is 1.22 bits per heavy atom. The van der Waals surface area contributed by atoms with Crippen LogP contribution in [0.3, 0.4) is 0 Å². The van der Waals surface area contributed by atoms with Gasteiger partial charge in [-0.15, -0.1) is 0 Å². The minimum atomic E-state index is 0.0694. The molecule has 2 heteroatoms. The second-order valence-corrected chi connectivity index (χ2v) is 2.88. The summed E-state index contributed by atoms with van der Waals surface area (Å²) in [6.45, 7) is 4.46. The first kappa shape index (κ1) is 7.03. The van der Waals surface area contributed by atoms with Crippen LogP contribution < -0.4 is 0 Å². The largest absolute Gasteiger partial charge is 0.633 e. The topological polar surface area (TPSA) is 23.1 Å². The van der Waals surface area contributed by atoms with Crippen LogP contribution in [0.4, 0.5) is 0 Å². The molecule has 0 spiro atoms. The molecule has 0 saturated carbocycles. The lowest BCUT2D eigenvalue weighted by atomic mass is 10.1. The summed E-state index contributed by atoms with van der Waals surface area (Å²) in [5.41, 5.74) is 0. The minimum Gasteiger partial charge on any atom is -0.633 e. The Morgan fingerprint density at radius 2 is 1.78 bits per heavy atom. The van der Waals surface area contributed by atoms with E-state index in [2.05, 4.69) is 0 Å². The van der Waals surface area contributed by atoms with E-state index in [1.54, 1.807) is 0 Å². The lowest BCUT2D eigenvalue weighted by molar-refractivity contribution is -0.883. The molecule has 0 bridgehead atoms. The van der Waals surface area contributed by atoms with Gasteiger partial charge in [0, 0.05) is 0 Å². The van der Waals surface area contributed by atoms with Gasteiger partial charge in [-0.05, 0) is 26.2 Å². The second-order valence-electron chi connectivity index (χ2n) is 2.88. The number of hydroxylamine groups is 3. The van der Waals surface area contributed by atoms with Crippen molar-refractivity contribution in [1.82, 2.24) is 0 Å². The molecule has 0 N–H and O–H groups in total. The number of nitrogens with zero attached hydrogens (tertiary/aromatic N) is 1. The summed E-state index contributed by atoms with van der Waals surface area (Å²) in [7, 11) is 0. The molecule has 0 atom stereocenters. The van der Waals surface area contributed by atoms with Crippen LogP contribution in [0.2, 0.25) is 0 Å². The molecule has 0 amide bonds. The van der Waals surface area contributed by atoms with Gasteiger partial charge < -0.3 is 9.85 Å². The highest BCUT2D eigenvalue weighted by atomic mass is 16.5. The summed E-state index contributed by atoms with van der Waals surface area (Å²) < 4.78 is 0.0694. The highest BCUT2D eigenvalue weighted by Crippen LogP contribution is 2.15. The Kier molecular flexibility index (Phi) is 2.09. The van der Waals surface area contributed by atoms with Gasteiger partial charge in [0.25, 0.3) is 0 Å². The zero-order valence-corrected chi connectivity index (χ0v) is 6.10. The van der Waals surface area contributed by atoms with E-state index in [0.29, 0.717) is 0 Å². The van der Waals surface area contributed by atoms with Crippen LogP contribution in [-0.2, 0) is 0 Å². The van der Waals surface area contributed by atoms with Gasteiger partial charge in [-0.3, -0.25) is 0 Å². The number of rotatable bonds is 1. The van der Waals surface area contributed by atoms with E-state index in [-0.39, 0.29) is 4.65 Å². The first-order valence-corrected chi connectivity index (χ1v) is 3.84. The zero-order chi connectivity index (χ0) is 6.74. The van der Waals surface area contributed by atoms with Crippen molar-refractivity contribution >= 4 is 0 Å². The fraction of sp³-hybridized carbons (Fsp3) is 1.00. The average Bonchev–Trinajstić information content (AvgIpc) is 1.90. The fourth-order valence-corrected chi connectivity index (χ4v) is 1.40. The van der Waals surface area contributed by atoms with Crippen LogP contribution in [0, 0.1) is 5.21 Å². The van der Waals surface area contributed by atoms with E-state index in [0.717, 1.165) is 32.5 Å². The van der Waals surface area contributed by atoms with Crippen LogP contribution in [0.1, 0.15) is 26.2 Å². The molecule has 0 unspecified atom stereocenters. The van der Waals surface area contributed by atoms with Crippen LogP contribution in [0.25, 0.3) is 0 Å². The molecular weight excluding hydrogens is 114 g/mol. The van der Waals surface area contributed by atoms with Crippen molar-refractivity contribution in [2.24, 2.45) is 0 Å². The van der Waals surface area contributed by atoms with Gasteiger partial charge in [0.2, 0.25) is 0 Å². The fourth-order valence-electron chi connectivity index (χ4n) is 1.40. The van der Waals surface area contributed by atoms with Gasteiger partial charge in [-0.25, -0.2) is 0 Å². The number of likely N-dealkylation sites (tertiary alicyclic amines) is 1. The molecule has 1 heterocycles. The number of quaternary nitrogens is 1. The molecule has 0 aliphatic carbocycles. The van der Waals surface area contributed by atoms with E-state index in [9.17, 15) is 5.21 Å².